The number of hydrogen-bond acceptors (Lipinski definition) is 3. The van der Waals surface area contributed by atoms with Crippen LogP contribution in [0.15, 0.2) is 35.7 Å². The summed E-state index contributed by atoms with van der Waals surface area (Å²) in [4.78, 5) is 18.7. The fourth-order valence-electron chi connectivity index (χ4n) is 1.60. The van der Waals surface area contributed by atoms with Crippen molar-refractivity contribution in [1.29, 1.82) is 0 Å². The first-order valence-corrected chi connectivity index (χ1v) is 5.56. The molecule has 0 aliphatic carbocycles. The molecule has 1 amide bonds. The third-order valence-electron chi connectivity index (χ3n) is 2.48. The number of nitrogens with zero attached hydrogens (tertiary/aromatic N) is 2. The first-order valence-electron chi connectivity index (χ1n) is 5.56. The maximum absolute atomic E-state index is 11.7. The van der Waals surface area contributed by atoms with Gasteiger partial charge in [-0.15, -0.1) is 0 Å². The Morgan fingerprint density at radius 2 is 2.33 bits per heavy atom. The summed E-state index contributed by atoms with van der Waals surface area (Å²) in [5, 5.41) is 3.92. The minimum Gasteiger partial charge on any atom is -0.362 e. The number of hydrazone groups is 1. The fraction of sp³-hybridized carbons (Fsp3) is 0.154. The minimum absolute atomic E-state index is 0.274. The molecule has 0 spiro atoms. The Labute approximate surface area is 105 Å². The number of amides is 1. The van der Waals surface area contributed by atoms with E-state index < -0.39 is 0 Å². The van der Waals surface area contributed by atoms with Crippen molar-refractivity contribution in [2.24, 2.45) is 5.10 Å². The molecule has 2 N–H and O–H groups in total. The number of aromatic amines is 1. The lowest BCUT2D eigenvalue weighted by Crippen LogP contribution is -2.17. The number of hydrogen-bond donors (Lipinski definition) is 2. The molecule has 0 radical (unpaired) electrons. The molecule has 18 heavy (non-hydrogen) atoms. The molecular formula is C13H14N4O. The van der Waals surface area contributed by atoms with Crippen molar-refractivity contribution in [2.75, 3.05) is 0 Å². The van der Waals surface area contributed by atoms with Gasteiger partial charge in [0.15, 0.2) is 0 Å². The number of aromatic nitrogens is 2. The van der Waals surface area contributed by atoms with Crippen LogP contribution in [-0.4, -0.2) is 22.1 Å². The molecule has 2 aromatic rings. The van der Waals surface area contributed by atoms with Crippen LogP contribution in [0.5, 0.6) is 0 Å². The Hall–Kier alpha value is -2.43. The normalized spacial score (nSPS) is 10.8. The summed E-state index contributed by atoms with van der Waals surface area (Å²) in [5.74, 6) is -0.274. The molecule has 0 saturated carbocycles. The number of carbonyl (C=O) groups excluding carboxylic acids is 1. The van der Waals surface area contributed by atoms with Gasteiger partial charge in [0.05, 0.1) is 11.8 Å². The second kappa shape index (κ2) is 5.27. The van der Waals surface area contributed by atoms with E-state index >= 15 is 0 Å². The summed E-state index contributed by atoms with van der Waals surface area (Å²) in [6, 6.07) is 5.36. The summed E-state index contributed by atoms with van der Waals surface area (Å²) in [7, 11) is 0. The molecule has 0 atom stereocenters. The highest BCUT2D eigenvalue weighted by Gasteiger charge is 2.03. The second-order valence-electron chi connectivity index (χ2n) is 3.97. The van der Waals surface area contributed by atoms with E-state index in [9.17, 15) is 4.79 Å². The van der Waals surface area contributed by atoms with Gasteiger partial charge in [-0.1, -0.05) is 0 Å². The van der Waals surface area contributed by atoms with Gasteiger partial charge in [0, 0.05) is 29.3 Å². The van der Waals surface area contributed by atoms with Gasteiger partial charge in [0.25, 0.3) is 5.91 Å². The number of H-pyrrole nitrogens is 1. The van der Waals surface area contributed by atoms with E-state index in [0.29, 0.717) is 5.56 Å². The Bertz CT molecular complexity index is 572. The van der Waals surface area contributed by atoms with Crippen LogP contribution in [0.25, 0.3) is 0 Å². The molecule has 2 heterocycles. The topological polar surface area (TPSA) is 70.1 Å². The maximum atomic E-state index is 11.7. The lowest BCUT2D eigenvalue weighted by Gasteiger charge is -1.97. The van der Waals surface area contributed by atoms with E-state index in [4.69, 9.17) is 0 Å². The standard InChI is InChI=1S/C13H14N4O/c1-9-6-12(10(2)16-9)8-15-17-13(18)11-4-3-5-14-7-11/h3-8,16H,1-2H3,(H,17,18)/b15-8+. The molecular weight excluding hydrogens is 228 g/mol. The predicted molar refractivity (Wildman–Crippen MR) is 69.6 cm³/mol. The van der Waals surface area contributed by atoms with Crippen molar-refractivity contribution in [3.8, 4) is 0 Å². The Balaban J connectivity index is 2.00. The monoisotopic (exact) mass is 242 g/mol. The number of rotatable bonds is 3. The van der Waals surface area contributed by atoms with Crippen molar-refractivity contribution in [3.63, 3.8) is 0 Å². The first-order chi connectivity index (χ1) is 8.66. The van der Waals surface area contributed by atoms with Gasteiger partial charge in [-0.05, 0) is 32.0 Å². The summed E-state index contributed by atoms with van der Waals surface area (Å²) in [6.45, 7) is 3.93. The van der Waals surface area contributed by atoms with E-state index in [0.717, 1.165) is 17.0 Å². The van der Waals surface area contributed by atoms with Crippen LogP contribution in [0, 0.1) is 13.8 Å². The van der Waals surface area contributed by atoms with Gasteiger partial charge in [-0.2, -0.15) is 5.10 Å². The van der Waals surface area contributed by atoms with Gasteiger partial charge in [0.2, 0.25) is 0 Å². The zero-order valence-corrected chi connectivity index (χ0v) is 10.3. The van der Waals surface area contributed by atoms with Crippen LogP contribution < -0.4 is 5.43 Å². The molecule has 0 saturated heterocycles. The highest BCUT2D eigenvalue weighted by molar-refractivity contribution is 5.94. The van der Waals surface area contributed by atoms with Crippen LogP contribution in [0.2, 0.25) is 0 Å². The van der Waals surface area contributed by atoms with Gasteiger partial charge < -0.3 is 4.98 Å². The van der Waals surface area contributed by atoms with E-state index in [2.05, 4.69) is 20.5 Å². The number of pyridine rings is 1. The SMILES string of the molecule is Cc1cc(/C=N/NC(=O)c2cccnc2)c(C)[nH]1. The molecule has 5 nitrogen and oxygen atoms in total. The lowest BCUT2D eigenvalue weighted by molar-refractivity contribution is 0.0955. The molecule has 92 valence electrons. The predicted octanol–water partition coefficient (Wildman–Crippen LogP) is 1.79. The average Bonchev–Trinajstić information content (AvgIpc) is 2.69. The molecule has 0 bridgehead atoms. The van der Waals surface area contributed by atoms with Crippen LogP contribution in [-0.2, 0) is 0 Å². The number of nitrogens with one attached hydrogen (secondary N) is 2. The van der Waals surface area contributed by atoms with E-state index in [1.807, 2.05) is 19.9 Å². The van der Waals surface area contributed by atoms with Crippen molar-refractivity contribution in [3.05, 3.63) is 53.1 Å². The van der Waals surface area contributed by atoms with Crippen molar-refractivity contribution in [1.82, 2.24) is 15.4 Å². The van der Waals surface area contributed by atoms with Crippen LogP contribution in [0.1, 0.15) is 27.3 Å². The fourth-order valence-corrected chi connectivity index (χ4v) is 1.60. The van der Waals surface area contributed by atoms with Crippen LogP contribution in [0.3, 0.4) is 0 Å². The smallest absolute Gasteiger partial charge is 0.272 e. The highest BCUT2D eigenvalue weighted by Crippen LogP contribution is 2.05. The molecule has 2 rings (SSSR count). The molecule has 0 aliphatic rings. The van der Waals surface area contributed by atoms with Gasteiger partial charge in [0.1, 0.15) is 0 Å². The quantitative estimate of drug-likeness (QED) is 0.636. The van der Waals surface area contributed by atoms with E-state index in [-0.39, 0.29) is 5.91 Å². The summed E-state index contributed by atoms with van der Waals surface area (Å²) in [5.41, 5.74) is 5.98. The largest absolute Gasteiger partial charge is 0.362 e. The van der Waals surface area contributed by atoms with E-state index in [1.165, 1.54) is 6.20 Å². The lowest BCUT2D eigenvalue weighted by atomic mass is 10.3. The highest BCUT2D eigenvalue weighted by atomic mass is 16.2. The van der Waals surface area contributed by atoms with Gasteiger partial charge >= 0.3 is 0 Å². The summed E-state index contributed by atoms with van der Waals surface area (Å²) < 4.78 is 0. The van der Waals surface area contributed by atoms with Crippen LogP contribution in [0.4, 0.5) is 0 Å². The van der Waals surface area contributed by atoms with Crippen molar-refractivity contribution < 1.29 is 4.79 Å². The molecule has 2 aromatic heterocycles. The summed E-state index contributed by atoms with van der Waals surface area (Å²) in [6.07, 6.45) is 4.73. The maximum Gasteiger partial charge on any atom is 0.272 e. The van der Waals surface area contributed by atoms with E-state index in [1.54, 1.807) is 24.5 Å². The molecule has 0 unspecified atom stereocenters. The van der Waals surface area contributed by atoms with Gasteiger partial charge in [-0.25, -0.2) is 5.43 Å². The Kier molecular flexibility index (Phi) is 3.52. The second-order valence-corrected chi connectivity index (χ2v) is 3.97. The first kappa shape index (κ1) is 12.0. The molecule has 0 fully saturated rings. The number of carbonyl (C=O) groups is 1. The van der Waals surface area contributed by atoms with Crippen molar-refractivity contribution in [2.45, 2.75) is 13.8 Å². The minimum atomic E-state index is -0.274. The Morgan fingerprint density at radius 1 is 1.50 bits per heavy atom. The average molecular weight is 242 g/mol. The van der Waals surface area contributed by atoms with Crippen molar-refractivity contribution >= 4 is 12.1 Å². The number of aryl methyl sites for hydroxylation is 2. The summed E-state index contributed by atoms with van der Waals surface area (Å²) >= 11 is 0. The Morgan fingerprint density at radius 3 is 2.94 bits per heavy atom. The third kappa shape index (κ3) is 2.82. The molecule has 0 aromatic carbocycles. The zero-order chi connectivity index (χ0) is 13.0. The molecule has 0 aliphatic heterocycles. The van der Waals surface area contributed by atoms with Gasteiger partial charge in [-0.3, -0.25) is 9.78 Å². The molecule has 5 heteroatoms. The zero-order valence-electron chi connectivity index (χ0n) is 10.3. The third-order valence-corrected chi connectivity index (χ3v) is 2.48. The van der Waals surface area contributed by atoms with Crippen LogP contribution >= 0.6 is 0 Å².